The Morgan fingerprint density at radius 1 is 1.19 bits per heavy atom. The lowest BCUT2D eigenvalue weighted by atomic mass is 9.83. The van der Waals surface area contributed by atoms with E-state index in [0.29, 0.717) is 18.2 Å². The monoisotopic (exact) mass is 491 g/mol. The molecule has 0 amide bonds. The zero-order valence-corrected chi connectivity index (χ0v) is 22.4. The number of aryl methyl sites for hydroxylation is 1. The van der Waals surface area contributed by atoms with Gasteiger partial charge in [0.2, 0.25) is 0 Å². The topological polar surface area (TPSA) is 86.4 Å². The van der Waals surface area contributed by atoms with Crippen molar-refractivity contribution in [2.75, 3.05) is 51.0 Å². The van der Waals surface area contributed by atoms with Gasteiger partial charge in [0.25, 0.3) is 0 Å². The maximum atomic E-state index is 12.8. The highest BCUT2D eigenvalue weighted by Crippen LogP contribution is 2.46. The first-order valence-electron chi connectivity index (χ1n) is 12.8. The number of Topliss-reactive ketones (excluding diaryl/α,β-unsaturated/α-hetero) is 1. The fraction of sp³-hybridized carbons (Fsp3) is 0.483. The number of carbonyl (C=O) groups excluding carboxylic acids is 2. The van der Waals surface area contributed by atoms with Crippen LogP contribution in [0.2, 0.25) is 0 Å². The molecule has 0 aliphatic heterocycles. The van der Waals surface area contributed by atoms with Gasteiger partial charge in [-0.15, -0.1) is 0 Å². The minimum atomic E-state index is -0.238. The minimum Gasteiger partial charge on any atom is -0.394 e. The van der Waals surface area contributed by atoms with Gasteiger partial charge in [0.15, 0.2) is 5.78 Å². The van der Waals surface area contributed by atoms with Crippen LogP contribution < -0.4 is 20.9 Å². The molecule has 7 heteroatoms. The van der Waals surface area contributed by atoms with Gasteiger partial charge in [-0.2, -0.15) is 0 Å². The minimum absolute atomic E-state index is 0.101. The Balaban J connectivity index is 1.58. The highest BCUT2D eigenvalue weighted by atomic mass is 16.1. The normalized spacial score (nSPS) is 15.2. The number of ketones is 1. The van der Waals surface area contributed by atoms with Crippen molar-refractivity contribution in [1.29, 1.82) is 0 Å². The molecule has 2 aromatic rings. The van der Waals surface area contributed by atoms with Crippen molar-refractivity contribution in [3.63, 3.8) is 0 Å². The van der Waals surface area contributed by atoms with Gasteiger partial charge in [-0.1, -0.05) is 31.2 Å². The third-order valence-corrected chi connectivity index (χ3v) is 7.00. The van der Waals surface area contributed by atoms with Crippen LogP contribution in [0.5, 0.6) is 0 Å². The molecule has 36 heavy (non-hydrogen) atoms. The van der Waals surface area contributed by atoms with Crippen LogP contribution in [-0.2, 0) is 16.0 Å². The van der Waals surface area contributed by atoms with Crippen molar-refractivity contribution in [2.24, 2.45) is 11.3 Å². The Labute approximate surface area is 215 Å². The number of benzene rings is 1. The Hall–Kier alpha value is -3.19. The summed E-state index contributed by atoms with van der Waals surface area (Å²) in [5.41, 5.74) is 4.90. The molecule has 1 saturated carbocycles. The molecule has 1 heterocycles. The second kappa shape index (κ2) is 12.7. The number of aromatic nitrogens is 1. The zero-order chi connectivity index (χ0) is 26.1. The summed E-state index contributed by atoms with van der Waals surface area (Å²) in [6, 6.07) is 12.1. The summed E-state index contributed by atoms with van der Waals surface area (Å²) < 4.78 is 0. The predicted octanol–water partition coefficient (Wildman–Crippen LogP) is 3.83. The van der Waals surface area contributed by atoms with Gasteiger partial charge in [-0.05, 0) is 61.9 Å². The molecule has 1 aromatic carbocycles. The van der Waals surface area contributed by atoms with E-state index in [1.807, 2.05) is 58.5 Å². The standard InChI is InChI=1S/C29H41N5O2/c1-21-13-26(34(5)12-11-29(2,20-35)25-9-10-25)16-28(33-21)32-19-27(36)15-22-7-6-8-23(14-22)24(17-30-3)18-31-4/h6-8,13-14,16-17,20,25,30-31H,9-12,15,18-19H2,1-5H3,(H,32,33)/b24-17+. The molecule has 194 valence electrons. The van der Waals surface area contributed by atoms with Crippen molar-refractivity contribution >= 4 is 29.1 Å². The van der Waals surface area contributed by atoms with Crippen LogP contribution in [-0.4, -0.2) is 57.8 Å². The second-order valence-corrected chi connectivity index (χ2v) is 10.2. The quantitative estimate of drug-likeness (QED) is 0.326. The zero-order valence-electron chi connectivity index (χ0n) is 22.4. The van der Waals surface area contributed by atoms with E-state index in [0.717, 1.165) is 66.7 Å². The first-order valence-corrected chi connectivity index (χ1v) is 12.8. The summed E-state index contributed by atoms with van der Waals surface area (Å²) in [5, 5.41) is 9.48. The van der Waals surface area contributed by atoms with E-state index in [-0.39, 0.29) is 17.7 Å². The van der Waals surface area contributed by atoms with Crippen molar-refractivity contribution in [2.45, 2.75) is 39.5 Å². The van der Waals surface area contributed by atoms with E-state index >= 15 is 0 Å². The van der Waals surface area contributed by atoms with Crippen molar-refractivity contribution in [1.82, 2.24) is 15.6 Å². The number of carbonyl (C=O) groups is 2. The highest BCUT2D eigenvalue weighted by molar-refractivity contribution is 5.85. The van der Waals surface area contributed by atoms with Gasteiger partial charge in [0, 0.05) is 62.7 Å². The molecule has 1 aliphatic carbocycles. The first kappa shape index (κ1) is 27.4. The number of likely N-dealkylation sites (N-methyl/N-ethyl adjacent to an activating group) is 1. The second-order valence-electron chi connectivity index (χ2n) is 10.2. The molecule has 1 aliphatic rings. The van der Waals surface area contributed by atoms with Crippen LogP contribution in [0.15, 0.2) is 42.6 Å². The van der Waals surface area contributed by atoms with Gasteiger partial charge in [0.05, 0.1) is 6.54 Å². The number of hydrogen-bond acceptors (Lipinski definition) is 7. The molecule has 1 unspecified atom stereocenters. The van der Waals surface area contributed by atoms with Crippen LogP contribution >= 0.6 is 0 Å². The molecule has 1 atom stereocenters. The molecule has 7 nitrogen and oxygen atoms in total. The molecule has 0 saturated heterocycles. The summed E-state index contributed by atoms with van der Waals surface area (Å²) in [7, 11) is 5.84. The lowest BCUT2D eigenvalue weighted by Gasteiger charge is -2.27. The number of anilines is 2. The molecule has 1 aromatic heterocycles. The van der Waals surface area contributed by atoms with E-state index in [1.54, 1.807) is 0 Å². The molecule has 0 spiro atoms. The average molecular weight is 492 g/mol. The Bertz CT molecular complexity index is 1080. The van der Waals surface area contributed by atoms with Gasteiger partial charge in [0.1, 0.15) is 12.1 Å². The van der Waals surface area contributed by atoms with E-state index in [4.69, 9.17) is 0 Å². The fourth-order valence-electron chi connectivity index (χ4n) is 4.56. The number of aldehydes is 1. The number of rotatable bonds is 15. The van der Waals surface area contributed by atoms with Crippen LogP contribution in [0, 0.1) is 18.3 Å². The van der Waals surface area contributed by atoms with E-state index in [1.165, 1.54) is 0 Å². The predicted molar refractivity (Wildman–Crippen MR) is 148 cm³/mol. The lowest BCUT2D eigenvalue weighted by Crippen LogP contribution is -2.29. The summed E-state index contributed by atoms with van der Waals surface area (Å²) in [4.78, 5) is 31.2. The maximum Gasteiger partial charge on any atom is 0.156 e. The summed E-state index contributed by atoms with van der Waals surface area (Å²) in [5.74, 6) is 1.32. The third-order valence-electron chi connectivity index (χ3n) is 7.00. The van der Waals surface area contributed by atoms with E-state index in [9.17, 15) is 9.59 Å². The molecule has 3 rings (SSSR count). The fourth-order valence-corrected chi connectivity index (χ4v) is 4.56. The average Bonchev–Trinajstić information content (AvgIpc) is 3.72. The third kappa shape index (κ3) is 7.65. The van der Waals surface area contributed by atoms with Crippen molar-refractivity contribution in [3.05, 3.63) is 59.4 Å². The summed E-state index contributed by atoms with van der Waals surface area (Å²) in [6.07, 6.45) is 6.62. The maximum absolute atomic E-state index is 12.8. The van der Waals surface area contributed by atoms with Crippen LogP contribution in [0.25, 0.3) is 5.57 Å². The van der Waals surface area contributed by atoms with Gasteiger partial charge in [-0.25, -0.2) is 4.98 Å². The number of nitrogens with one attached hydrogen (secondary N) is 3. The number of nitrogens with zero attached hydrogens (tertiary/aromatic N) is 2. The molecule has 1 fully saturated rings. The van der Waals surface area contributed by atoms with Crippen LogP contribution in [0.3, 0.4) is 0 Å². The first-order chi connectivity index (χ1) is 17.3. The Morgan fingerprint density at radius 2 is 1.97 bits per heavy atom. The number of pyridine rings is 1. The highest BCUT2D eigenvalue weighted by Gasteiger charge is 2.41. The van der Waals surface area contributed by atoms with Crippen LogP contribution in [0.4, 0.5) is 11.5 Å². The Kier molecular flexibility index (Phi) is 9.65. The molecular weight excluding hydrogens is 450 g/mol. The van der Waals surface area contributed by atoms with Gasteiger partial charge < -0.3 is 25.6 Å². The SMILES string of the molecule is CN/C=C(\CNC)c1cccc(CC(=O)CNc2cc(N(C)CCC(C)(C=O)C3CC3)cc(C)n2)c1. The molecule has 3 N–H and O–H groups in total. The summed E-state index contributed by atoms with van der Waals surface area (Å²) >= 11 is 0. The van der Waals surface area contributed by atoms with Crippen molar-refractivity contribution < 1.29 is 9.59 Å². The van der Waals surface area contributed by atoms with E-state index < -0.39 is 0 Å². The molecule has 0 bridgehead atoms. The largest absolute Gasteiger partial charge is 0.394 e. The smallest absolute Gasteiger partial charge is 0.156 e. The van der Waals surface area contributed by atoms with Gasteiger partial charge in [-0.3, -0.25) is 4.79 Å². The number of hydrogen-bond donors (Lipinski definition) is 3. The molecular formula is C29H41N5O2. The van der Waals surface area contributed by atoms with Gasteiger partial charge >= 0.3 is 0 Å². The van der Waals surface area contributed by atoms with Crippen LogP contribution in [0.1, 0.15) is 43.0 Å². The van der Waals surface area contributed by atoms with E-state index in [2.05, 4.69) is 44.9 Å². The summed E-state index contributed by atoms with van der Waals surface area (Å²) in [6.45, 7) is 5.78. The Morgan fingerprint density at radius 3 is 2.64 bits per heavy atom. The van der Waals surface area contributed by atoms with Crippen molar-refractivity contribution in [3.8, 4) is 0 Å². The lowest BCUT2D eigenvalue weighted by molar-refractivity contribution is -0.117. The molecule has 0 radical (unpaired) electrons.